The molecule has 1 aliphatic rings. The number of halogens is 4. The Hall–Kier alpha value is -2.06. The number of nitrogens with zero attached hydrogens (tertiary/aromatic N) is 4. The van der Waals surface area contributed by atoms with Crippen LogP contribution in [0.5, 0.6) is 0 Å². The zero-order valence-electron chi connectivity index (χ0n) is 15.7. The maximum atomic E-state index is 12.9. The lowest BCUT2D eigenvalue weighted by atomic mass is 9.96. The van der Waals surface area contributed by atoms with Gasteiger partial charge in [0.2, 0.25) is 0 Å². The summed E-state index contributed by atoms with van der Waals surface area (Å²) in [5.41, 5.74) is -0.993. The molecule has 1 aromatic carbocycles. The molecule has 5 nitrogen and oxygen atoms in total. The normalized spacial score (nSPS) is 16.4. The molecule has 3 rings (SSSR count). The Morgan fingerprint density at radius 3 is 2.61 bits per heavy atom. The molecule has 0 radical (unpaired) electrons. The number of anilines is 1. The van der Waals surface area contributed by atoms with Crippen LogP contribution in [0, 0.1) is 5.92 Å². The summed E-state index contributed by atoms with van der Waals surface area (Å²) in [4.78, 5) is 16.8. The van der Waals surface area contributed by atoms with Crippen LogP contribution in [0.3, 0.4) is 0 Å². The molecule has 0 unspecified atom stereocenters. The number of alkyl halides is 3. The van der Waals surface area contributed by atoms with E-state index in [9.17, 15) is 18.0 Å². The fraction of sp³-hybridized carbons (Fsp3) is 0.474. The molecule has 152 valence electrons. The number of hydrogen-bond acceptors (Lipinski definition) is 4. The molecule has 0 bridgehead atoms. The van der Waals surface area contributed by atoms with Crippen LogP contribution in [0.15, 0.2) is 35.3 Å². The van der Waals surface area contributed by atoms with Gasteiger partial charge in [-0.1, -0.05) is 17.7 Å². The summed E-state index contributed by atoms with van der Waals surface area (Å²) in [7, 11) is 3.93. The molecule has 0 N–H and O–H groups in total. The van der Waals surface area contributed by atoms with Gasteiger partial charge >= 0.3 is 6.18 Å². The Kier molecular flexibility index (Phi) is 6.00. The molecule has 2 aromatic rings. The SMILES string of the molecule is CN1CCC(CN(C)c2cnn(-c3cccc(C(F)(F)F)c3)c(=O)c2Cl)CC1. The molecule has 1 aliphatic heterocycles. The minimum absolute atomic E-state index is 0.0197. The van der Waals surface area contributed by atoms with Crippen LogP contribution in [0.4, 0.5) is 18.9 Å². The lowest BCUT2D eigenvalue weighted by molar-refractivity contribution is -0.137. The monoisotopic (exact) mass is 414 g/mol. The van der Waals surface area contributed by atoms with E-state index in [0.717, 1.165) is 49.3 Å². The zero-order chi connectivity index (χ0) is 20.5. The highest BCUT2D eigenvalue weighted by Gasteiger charge is 2.30. The number of hydrogen-bond donors (Lipinski definition) is 0. The lowest BCUT2D eigenvalue weighted by Gasteiger charge is -2.32. The summed E-state index contributed by atoms with van der Waals surface area (Å²) >= 11 is 6.27. The number of benzene rings is 1. The number of piperidine rings is 1. The van der Waals surface area contributed by atoms with E-state index in [-0.39, 0.29) is 10.7 Å². The Bertz CT molecular complexity index is 891. The predicted octanol–water partition coefficient (Wildman–Crippen LogP) is 3.68. The molecule has 2 heterocycles. The first kappa shape index (κ1) is 20.7. The second-order valence-corrected chi connectivity index (χ2v) is 7.61. The van der Waals surface area contributed by atoms with Crippen LogP contribution in [0.2, 0.25) is 5.02 Å². The van der Waals surface area contributed by atoms with Crippen LogP contribution < -0.4 is 10.5 Å². The summed E-state index contributed by atoms with van der Waals surface area (Å²) in [6.07, 6.45) is -0.947. The van der Waals surface area contributed by atoms with Crippen molar-refractivity contribution in [2.75, 3.05) is 38.6 Å². The Balaban J connectivity index is 1.84. The van der Waals surface area contributed by atoms with Gasteiger partial charge in [0, 0.05) is 13.6 Å². The highest BCUT2D eigenvalue weighted by molar-refractivity contribution is 6.33. The van der Waals surface area contributed by atoms with Crippen LogP contribution in [0.1, 0.15) is 18.4 Å². The Morgan fingerprint density at radius 1 is 1.29 bits per heavy atom. The van der Waals surface area contributed by atoms with Gasteiger partial charge in [-0.3, -0.25) is 4.79 Å². The fourth-order valence-electron chi connectivity index (χ4n) is 3.42. The van der Waals surface area contributed by atoms with Crippen molar-refractivity contribution in [3.05, 3.63) is 51.4 Å². The summed E-state index contributed by atoms with van der Waals surface area (Å²) in [6, 6.07) is 4.45. The first-order valence-electron chi connectivity index (χ1n) is 9.02. The van der Waals surface area contributed by atoms with E-state index >= 15 is 0 Å². The standard InChI is InChI=1S/C19H22ClF3N4O/c1-25-8-6-13(7-9-25)12-26(2)16-11-24-27(18(28)17(16)20)15-5-3-4-14(10-15)19(21,22)23/h3-5,10-11,13H,6-9,12H2,1-2H3. The second-order valence-electron chi connectivity index (χ2n) is 7.24. The molecule has 0 saturated carbocycles. The number of rotatable bonds is 4. The van der Waals surface area contributed by atoms with Crippen LogP contribution >= 0.6 is 11.6 Å². The van der Waals surface area contributed by atoms with Gasteiger partial charge in [-0.05, 0) is 57.1 Å². The largest absolute Gasteiger partial charge is 0.416 e. The van der Waals surface area contributed by atoms with E-state index in [0.29, 0.717) is 11.6 Å². The van der Waals surface area contributed by atoms with E-state index < -0.39 is 17.3 Å². The maximum absolute atomic E-state index is 12.9. The average molecular weight is 415 g/mol. The third-order valence-electron chi connectivity index (χ3n) is 5.10. The quantitative estimate of drug-likeness (QED) is 0.765. The molecule has 1 aromatic heterocycles. The van der Waals surface area contributed by atoms with Gasteiger partial charge in [0.05, 0.1) is 23.1 Å². The van der Waals surface area contributed by atoms with Crippen molar-refractivity contribution in [2.24, 2.45) is 5.92 Å². The van der Waals surface area contributed by atoms with Gasteiger partial charge in [0.15, 0.2) is 0 Å². The topological polar surface area (TPSA) is 41.4 Å². The van der Waals surface area contributed by atoms with Crippen molar-refractivity contribution >= 4 is 17.3 Å². The highest BCUT2D eigenvalue weighted by atomic mass is 35.5. The molecule has 0 spiro atoms. The number of likely N-dealkylation sites (tertiary alicyclic amines) is 1. The van der Waals surface area contributed by atoms with Crippen molar-refractivity contribution in [3.8, 4) is 5.69 Å². The first-order valence-corrected chi connectivity index (χ1v) is 9.39. The lowest BCUT2D eigenvalue weighted by Crippen LogP contribution is -2.36. The van der Waals surface area contributed by atoms with Crippen molar-refractivity contribution in [3.63, 3.8) is 0 Å². The van der Waals surface area contributed by atoms with Crippen molar-refractivity contribution in [1.29, 1.82) is 0 Å². The molecule has 0 aliphatic carbocycles. The Morgan fingerprint density at radius 2 is 1.96 bits per heavy atom. The summed E-state index contributed by atoms with van der Waals surface area (Å²) < 4.78 is 39.7. The predicted molar refractivity (Wildman–Crippen MR) is 103 cm³/mol. The minimum Gasteiger partial charge on any atom is -0.372 e. The summed E-state index contributed by atoms with van der Waals surface area (Å²) in [6.45, 7) is 2.80. The zero-order valence-corrected chi connectivity index (χ0v) is 16.5. The van der Waals surface area contributed by atoms with E-state index in [1.165, 1.54) is 18.3 Å². The molecular weight excluding hydrogens is 393 g/mol. The van der Waals surface area contributed by atoms with Crippen LogP contribution in [-0.2, 0) is 6.18 Å². The molecular formula is C19H22ClF3N4O. The van der Waals surface area contributed by atoms with Gasteiger partial charge < -0.3 is 9.80 Å². The van der Waals surface area contributed by atoms with Gasteiger partial charge in [0.25, 0.3) is 5.56 Å². The van der Waals surface area contributed by atoms with Gasteiger partial charge in [-0.15, -0.1) is 0 Å². The summed E-state index contributed by atoms with van der Waals surface area (Å²) in [5.74, 6) is 0.489. The highest BCUT2D eigenvalue weighted by Crippen LogP contribution is 2.30. The second kappa shape index (κ2) is 8.13. The Labute approximate surface area is 166 Å². The molecule has 28 heavy (non-hydrogen) atoms. The third-order valence-corrected chi connectivity index (χ3v) is 5.46. The summed E-state index contributed by atoms with van der Waals surface area (Å²) in [5, 5.41) is 4.01. The maximum Gasteiger partial charge on any atom is 0.416 e. The molecule has 0 amide bonds. The molecule has 0 atom stereocenters. The molecule has 9 heteroatoms. The van der Waals surface area contributed by atoms with Crippen LogP contribution in [-0.4, -0.2) is 48.4 Å². The van der Waals surface area contributed by atoms with E-state index in [2.05, 4.69) is 17.0 Å². The van der Waals surface area contributed by atoms with Crippen LogP contribution in [0.25, 0.3) is 5.69 Å². The smallest absolute Gasteiger partial charge is 0.372 e. The van der Waals surface area contributed by atoms with E-state index in [1.807, 2.05) is 11.9 Å². The van der Waals surface area contributed by atoms with E-state index in [4.69, 9.17) is 11.6 Å². The van der Waals surface area contributed by atoms with Gasteiger partial charge in [0.1, 0.15) is 5.02 Å². The van der Waals surface area contributed by atoms with Gasteiger partial charge in [-0.2, -0.15) is 23.0 Å². The third kappa shape index (κ3) is 4.50. The van der Waals surface area contributed by atoms with E-state index in [1.54, 1.807) is 0 Å². The first-order chi connectivity index (χ1) is 13.2. The van der Waals surface area contributed by atoms with Crippen molar-refractivity contribution < 1.29 is 13.2 Å². The van der Waals surface area contributed by atoms with Crippen molar-refractivity contribution in [2.45, 2.75) is 19.0 Å². The van der Waals surface area contributed by atoms with Crippen molar-refractivity contribution in [1.82, 2.24) is 14.7 Å². The molecule has 1 fully saturated rings. The fourth-order valence-corrected chi connectivity index (χ4v) is 3.69. The minimum atomic E-state index is -4.50. The average Bonchev–Trinajstić information content (AvgIpc) is 2.65. The number of aromatic nitrogens is 2. The molecule has 1 saturated heterocycles. The van der Waals surface area contributed by atoms with Gasteiger partial charge in [-0.25, -0.2) is 0 Å².